The van der Waals surface area contributed by atoms with Crippen molar-refractivity contribution in [1.29, 1.82) is 0 Å². The number of hydrogen-bond donors (Lipinski definition) is 1. The summed E-state index contributed by atoms with van der Waals surface area (Å²) in [7, 11) is 1.27. The molecule has 0 bridgehead atoms. The zero-order valence-electron chi connectivity index (χ0n) is 8.21. The molecular formula is C9H8ClF2NO3. The predicted molar refractivity (Wildman–Crippen MR) is 52.3 cm³/mol. The van der Waals surface area contributed by atoms with Gasteiger partial charge in [0, 0.05) is 0 Å². The van der Waals surface area contributed by atoms with Gasteiger partial charge < -0.3 is 9.84 Å². The fourth-order valence-corrected chi connectivity index (χ4v) is 1.35. The molecule has 0 aliphatic carbocycles. The second-order valence-electron chi connectivity index (χ2n) is 2.81. The van der Waals surface area contributed by atoms with Gasteiger partial charge in [-0.3, -0.25) is 0 Å². The number of aromatic nitrogens is 1. The third-order valence-electron chi connectivity index (χ3n) is 1.88. The van der Waals surface area contributed by atoms with Gasteiger partial charge in [0.25, 0.3) is 6.43 Å². The van der Waals surface area contributed by atoms with Gasteiger partial charge in [0.05, 0.1) is 24.2 Å². The number of hydrogen-bond acceptors (Lipinski definition) is 3. The zero-order chi connectivity index (χ0) is 12.3. The van der Waals surface area contributed by atoms with Gasteiger partial charge in [0.2, 0.25) is 0 Å². The molecule has 0 aromatic carbocycles. The van der Waals surface area contributed by atoms with Gasteiger partial charge >= 0.3 is 5.97 Å². The van der Waals surface area contributed by atoms with Crippen LogP contribution in [-0.4, -0.2) is 23.2 Å². The van der Waals surface area contributed by atoms with E-state index in [1.807, 2.05) is 0 Å². The second kappa shape index (κ2) is 5.07. The average molecular weight is 252 g/mol. The Balaban J connectivity index is 3.41. The maximum atomic E-state index is 12.5. The van der Waals surface area contributed by atoms with E-state index in [0.29, 0.717) is 0 Å². The summed E-state index contributed by atoms with van der Waals surface area (Å²) < 4.78 is 29.9. The molecule has 0 amide bonds. The highest BCUT2D eigenvalue weighted by atomic mass is 35.5. The lowest BCUT2D eigenvalue weighted by Gasteiger charge is -2.10. The maximum Gasteiger partial charge on any atom is 0.355 e. The van der Waals surface area contributed by atoms with Crippen molar-refractivity contribution < 1.29 is 23.4 Å². The lowest BCUT2D eigenvalue weighted by atomic mass is 10.1. The van der Waals surface area contributed by atoms with Crippen molar-refractivity contribution in [2.75, 3.05) is 7.11 Å². The Morgan fingerprint density at radius 1 is 1.69 bits per heavy atom. The number of halogens is 3. The van der Waals surface area contributed by atoms with E-state index in [1.165, 1.54) is 7.11 Å². The topological polar surface area (TPSA) is 59.4 Å². The van der Waals surface area contributed by atoms with Crippen LogP contribution in [0.15, 0.2) is 6.07 Å². The molecule has 4 nitrogen and oxygen atoms in total. The molecular weight excluding hydrogens is 244 g/mol. The van der Waals surface area contributed by atoms with Crippen LogP contribution in [0.3, 0.4) is 0 Å². The van der Waals surface area contributed by atoms with Crippen LogP contribution in [0.1, 0.15) is 28.2 Å². The van der Waals surface area contributed by atoms with E-state index in [4.69, 9.17) is 21.4 Å². The number of rotatable bonds is 4. The molecule has 0 saturated heterocycles. The second-order valence-corrected chi connectivity index (χ2v) is 3.08. The minimum Gasteiger partial charge on any atom is -0.495 e. The first-order valence-electron chi connectivity index (χ1n) is 4.16. The lowest BCUT2D eigenvalue weighted by molar-refractivity contribution is 0.0676. The van der Waals surface area contributed by atoms with E-state index in [9.17, 15) is 13.6 Å². The first kappa shape index (κ1) is 12.6. The van der Waals surface area contributed by atoms with E-state index < -0.39 is 23.7 Å². The van der Waals surface area contributed by atoms with Crippen LogP contribution in [0, 0.1) is 0 Å². The van der Waals surface area contributed by atoms with Crippen LogP contribution in [0.5, 0.6) is 5.75 Å². The van der Waals surface area contributed by atoms with Crippen molar-refractivity contribution in [3.8, 4) is 5.75 Å². The molecule has 0 aliphatic heterocycles. The largest absolute Gasteiger partial charge is 0.495 e. The van der Waals surface area contributed by atoms with Crippen LogP contribution >= 0.6 is 11.6 Å². The average Bonchev–Trinajstić information content (AvgIpc) is 2.26. The van der Waals surface area contributed by atoms with Crippen LogP contribution in [0.25, 0.3) is 0 Å². The van der Waals surface area contributed by atoms with Gasteiger partial charge in [-0.25, -0.2) is 18.6 Å². The number of alkyl halides is 3. The van der Waals surface area contributed by atoms with E-state index in [1.54, 1.807) is 0 Å². The number of carboxylic acid groups (broad SMARTS) is 1. The zero-order valence-corrected chi connectivity index (χ0v) is 8.96. The summed E-state index contributed by atoms with van der Waals surface area (Å²) in [6.07, 6.45) is -2.93. The monoisotopic (exact) mass is 251 g/mol. The van der Waals surface area contributed by atoms with Crippen molar-refractivity contribution in [2.24, 2.45) is 0 Å². The summed E-state index contributed by atoms with van der Waals surface area (Å²) in [4.78, 5) is 14.3. The number of methoxy groups -OCH3 is 1. The van der Waals surface area contributed by atoms with E-state index in [2.05, 4.69) is 4.98 Å². The maximum absolute atomic E-state index is 12.5. The molecule has 1 rings (SSSR count). The van der Waals surface area contributed by atoms with Gasteiger partial charge in [0.1, 0.15) is 5.75 Å². The Hall–Kier alpha value is -1.43. The Morgan fingerprint density at radius 3 is 2.69 bits per heavy atom. The molecule has 0 atom stereocenters. The van der Waals surface area contributed by atoms with Gasteiger partial charge in [-0.1, -0.05) is 0 Å². The first-order valence-corrected chi connectivity index (χ1v) is 4.70. The summed E-state index contributed by atoms with van der Waals surface area (Å²) in [5.41, 5.74) is -1.27. The molecule has 1 heterocycles. The molecule has 1 aromatic heterocycles. The van der Waals surface area contributed by atoms with Crippen molar-refractivity contribution >= 4 is 17.6 Å². The summed E-state index contributed by atoms with van der Waals surface area (Å²) >= 11 is 5.50. The van der Waals surface area contributed by atoms with Crippen LogP contribution in [0.4, 0.5) is 8.78 Å². The first-order chi connectivity index (χ1) is 7.51. The number of aromatic carboxylic acids is 1. The number of pyridine rings is 1. The molecule has 0 radical (unpaired) electrons. The number of carboxylic acids is 1. The van der Waals surface area contributed by atoms with Gasteiger partial charge in [-0.15, -0.1) is 11.6 Å². The smallest absolute Gasteiger partial charge is 0.355 e. The Labute approximate surface area is 94.8 Å². The van der Waals surface area contributed by atoms with E-state index in [0.717, 1.165) is 6.07 Å². The van der Waals surface area contributed by atoms with Crippen molar-refractivity contribution in [2.45, 2.75) is 12.3 Å². The summed E-state index contributed by atoms with van der Waals surface area (Å²) in [6.45, 7) is 0. The number of nitrogens with zero attached hydrogens (tertiary/aromatic N) is 1. The van der Waals surface area contributed by atoms with Crippen LogP contribution < -0.4 is 4.74 Å². The molecule has 7 heteroatoms. The van der Waals surface area contributed by atoms with Crippen LogP contribution in [-0.2, 0) is 5.88 Å². The Bertz CT molecular complexity index is 412. The molecule has 16 heavy (non-hydrogen) atoms. The molecule has 1 N–H and O–H groups in total. The number of ether oxygens (including phenoxy) is 1. The van der Waals surface area contributed by atoms with Crippen molar-refractivity contribution in [3.05, 3.63) is 23.0 Å². The summed E-state index contributed by atoms with van der Waals surface area (Å²) in [5.74, 6) is -1.59. The van der Waals surface area contributed by atoms with E-state index in [-0.39, 0.29) is 17.3 Å². The minimum absolute atomic E-state index is 0.0512. The minimum atomic E-state index is -2.93. The molecule has 0 fully saturated rings. The summed E-state index contributed by atoms with van der Waals surface area (Å²) in [5, 5.41) is 8.72. The van der Waals surface area contributed by atoms with Crippen molar-refractivity contribution in [3.63, 3.8) is 0 Å². The standard InChI is InChI=1S/C9H8ClF2NO3/c1-16-6-2-4(8(11)12)7(9(14)15)13-5(6)3-10/h2,8H,3H2,1H3,(H,14,15). The normalized spacial score (nSPS) is 10.6. The molecule has 0 spiro atoms. The molecule has 0 aliphatic rings. The van der Waals surface area contributed by atoms with Gasteiger partial charge in [-0.2, -0.15) is 0 Å². The molecule has 1 aromatic rings. The quantitative estimate of drug-likeness (QED) is 0.835. The van der Waals surface area contributed by atoms with Crippen LogP contribution in [0.2, 0.25) is 0 Å². The molecule has 0 saturated carbocycles. The van der Waals surface area contributed by atoms with E-state index >= 15 is 0 Å². The third kappa shape index (κ3) is 2.38. The molecule has 88 valence electrons. The predicted octanol–water partition coefficient (Wildman–Crippen LogP) is 2.46. The highest BCUT2D eigenvalue weighted by molar-refractivity contribution is 6.17. The Morgan fingerprint density at radius 2 is 2.31 bits per heavy atom. The van der Waals surface area contributed by atoms with Crippen molar-refractivity contribution in [1.82, 2.24) is 4.98 Å². The fraction of sp³-hybridized carbons (Fsp3) is 0.333. The highest BCUT2D eigenvalue weighted by Gasteiger charge is 2.22. The fourth-order valence-electron chi connectivity index (χ4n) is 1.16. The van der Waals surface area contributed by atoms with Gasteiger partial charge in [-0.05, 0) is 6.07 Å². The third-order valence-corrected chi connectivity index (χ3v) is 2.13. The van der Waals surface area contributed by atoms with Gasteiger partial charge in [0.15, 0.2) is 5.69 Å². The number of carbonyl (C=O) groups is 1. The SMILES string of the molecule is COc1cc(C(F)F)c(C(=O)O)nc1CCl. The lowest BCUT2D eigenvalue weighted by Crippen LogP contribution is -2.09. The Kier molecular flexibility index (Phi) is 4.00. The summed E-state index contributed by atoms with van der Waals surface area (Å²) in [6, 6.07) is 0.943. The highest BCUT2D eigenvalue weighted by Crippen LogP contribution is 2.28. The molecule has 0 unspecified atom stereocenters.